The molecule has 0 N–H and O–H groups in total. The van der Waals surface area contributed by atoms with Gasteiger partial charge >= 0.3 is 6.36 Å². The molecule has 1 aliphatic rings. The molecule has 1 aromatic heterocycles. The summed E-state index contributed by atoms with van der Waals surface area (Å²) in [5.74, 6) is 0.143. The molecular weight excluding hydrogens is 389 g/mol. The zero-order valence-corrected chi connectivity index (χ0v) is 15.7. The molecule has 0 spiro atoms. The number of nitrogens with zero attached hydrogens (tertiary/aromatic N) is 2. The van der Waals surface area contributed by atoms with Crippen LogP contribution in [0.25, 0.3) is 10.2 Å². The maximum atomic E-state index is 12.6. The Morgan fingerprint density at radius 3 is 2.64 bits per heavy atom. The molecule has 4 nitrogen and oxygen atoms in total. The number of piperidine rings is 1. The molecule has 0 bridgehead atoms. The maximum Gasteiger partial charge on any atom is 0.573 e. The Kier molecular flexibility index (Phi) is 5.05. The average Bonchev–Trinajstić information content (AvgIpc) is 3.14. The highest BCUT2D eigenvalue weighted by Crippen LogP contribution is 2.37. The second-order valence-corrected chi connectivity index (χ2v) is 7.76. The van der Waals surface area contributed by atoms with E-state index < -0.39 is 6.36 Å². The highest BCUT2D eigenvalue weighted by atomic mass is 32.1. The monoisotopic (exact) mass is 407 g/mol. The lowest BCUT2D eigenvalue weighted by molar-refractivity contribution is -0.274. The molecular formula is C20H18F3N2O2S. The van der Waals surface area contributed by atoms with Gasteiger partial charge in [-0.15, -0.1) is 24.5 Å². The fourth-order valence-electron chi connectivity index (χ4n) is 3.75. The van der Waals surface area contributed by atoms with Gasteiger partial charge in [-0.3, -0.25) is 5.11 Å². The van der Waals surface area contributed by atoms with E-state index in [-0.39, 0.29) is 17.4 Å². The van der Waals surface area contributed by atoms with Crippen LogP contribution in [0.5, 0.6) is 11.5 Å². The summed E-state index contributed by atoms with van der Waals surface area (Å²) in [4.78, 5) is 6.55. The minimum Gasteiger partial charge on any atom is -0.406 e. The van der Waals surface area contributed by atoms with Crippen LogP contribution in [-0.4, -0.2) is 24.4 Å². The number of hydrogen-bond acceptors (Lipinski definition) is 4. The van der Waals surface area contributed by atoms with E-state index in [1.54, 1.807) is 29.8 Å². The molecule has 2 heterocycles. The van der Waals surface area contributed by atoms with Crippen LogP contribution in [0.4, 0.5) is 18.9 Å². The predicted molar refractivity (Wildman–Crippen MR) is 102 cm³/mol. The second-order valence-electron chi connectivity index (χ2n) is 6.90. The molecule has 1 aliphatic heterocycles. The summed E-state index contributed by atoms with van der Waals surface area (Å²) in [7, 11) is 0. The number of benzene rings is 2. The minimum atomic E-state index is -4.69. The Hall–Kier alpha value is -2.48. The lowest BCUT2D eigenvalue weighted by Crippen LogP contribution is -2.34. The quantitative estimate of drug-likeness (QED) is 0.549. The fraction of sp³-hybridized carbons (Fsp3) is 0.350. The van der Waals surface area contributed by atoms with Crippen LogP contribution in [0, 0.1) is 5.92 Å². The van der Waals surface area contributed by atoms with E-state index in [0.29, 0.717) is 16.7 Å². The smallest absolute Gasteiger partial charge is 0.406 e. The first-order chi connectivity index (χ1) is 13.4. The molecule has 3 aromatic rings. The summed E-state index contributed by atoms with van der Waals surface area (Å²) in [6.07, 6.45) is -2.44. The molecule has 8 heteroatoms. The summed E-state index contributed by atoms with van der Waals surface area (Å²) < 4.78 is 42.7. The molecule has 2 aromatic carbocycles. The molecule has 1 saturated heterocycles. The zero-order valence-electron chi connectivity index (χ0n) is 14.9. The van der Waals surface area contributed by atoms with Gasteiger partial charge in [0.15, 0.2) is 5.75 Å². The number of anilines is 1. The Balaban J connectivity index is 1.44. The first-order valence-corrected chi connectivity index (χ1v) is 9.90. The molecule has 1 radical (unpaired) electrons. The highest BCUT2D eigenvalue weighted by molar-refractivity contribution is 7.17. The number of hydrogen-bond donors (Lipinski definition) is 0. The van der Waals surface area contributed by atoms with Crippen LogP contribution < -0.4 is 9.64 Å². The Bertz CT molecular complexity index is 965. The van der Waals surface area contributed by atoms with E-state index in [1.165, 1.54) is 17.4 Å². The summed E-state index contributed by atoms with van der Waals surface area (Å²) in [6.45, 7) is 1.55. The number of ether oxygens (including phenoxy) is 1. The van der Waals surface area contributed by atoms with Gasteiger partial charge in [0, 0.05) is 13.1 Å². The van der Waals surface area contributed by atoms with Gasteiger partial charge in [-0.1, -0.05) is 18.2 Å². The van der Waals surface area contributed by atoms with Gasteiger partial charge in [-0.25, -0.2) is 4.98 Å². The first-order valence-electron chi connectivity index (χ1n) is 9.02. The van der Waals surface area contributed by atoms with Gasteiger partial charge in [0.1, 0.15) is 16.0 Å². The van der Waals surface area contributed by atoms with Crippen LogP contribution in [0.15, 0.2) is 41.9 Å². The molecule has 147 valence electrons. The zero-order chi connectivity index (χ0) is 19.7. The number of alkyl halides is 3. The van der Waals surface area contributed by atoms with Gasteiger partial charge < -0.3 is 9.64 Å². The SMILES string of the molecule is [O]c1ccc(N2CCC(Cc3ccccc3OC(F)(F)F)CC2)c2ncsc12. The van der Waals surface area contributed by atoms with Crippen molar-refractivity contribution in [3.05, 3.63) is 47.5 Å². The van der Waals surface area contributed by atoms with E-state index in [9.17, 15) is 18.3 Å². The third-order valence-electron chi connectivity index (χ3n) is 5.09. The third kappa shape index (κ3) is 4.01. The van der Waals surface area contributed by atoms with Gasteiger partial charge in [-0.2, -0.15) is 0 Å². The van der Waals surface area contributed by atoms with Crippen molar-refractivity contribution in [2.24, 2.45) is 5.92 Å². The topological polar surface area (TPSA) is 45.3 Å². The number of rotatable bonds is 4. The van der Waals surface area contributed by atoms with Gasteiger partial charge in [0.2, 0.25) is 0 Å². The average molecular weight is 407 g/mol. The van der Waals surface area contributed by atoms with E-state index in [1.807, 2.05) is 6.07 Å². The molecule has 0 atom stereocenters. The van der Waals surface area contributed by atoms with Gasteiger partial charge in [-0.05, 0) is 48.9 Å². The van der Waals surface area contributed by atoms with Crippen LogP contribution in [0.1, 0.15) is 18.4 Å². The van der Waals surface area contributed by atoms with Crippen molar-refractivity contribution >= 4 is 27.2 Å². The second kappa shape index (κ2) is 7.50. The lowest BCUT2D eigenvalue weighted by Gasteiger charge is -2.34. The van der Waals surface area contributed by atoms with Gasteiger partial charge in [0.05, 0.1) is 11.2 Å². The molecule has 0 aliphatic carbocycles. The Morgan fingerprint density at radius 1 is 1.14 bits per heavy atom. The number of thiazole rings is 1. The Morgan fingerprint density at radius 2 is 1.89 bits per heavy atom. The molecule has 28 heavy (non-hydrogen) atoms. The van der Waals surface area contributed by atoms with Crippen LogP contribution >= 0.6 is 11.3 Å². The van der Waals surface area contributed by atoms with Crippen LogP contribution in [0.2, 0.25) is 0 Å². The molecule has 1 fully saturated rings. The summed E-state index contributed by atoms with van der Waals surface area (Å²) in [5.41, 5.74) is 3.95. The summed E-state index contributed by atoms with van der Waals surface area (Å²) in [6, 6.07) is 9.73. The minimum absolute atomic E-state index is 0.0163. The predicted octanol–water partition coefficient (Wildman–Crippen LogP) is 5.80. The van der Waals surface area contributed by atoms with E-state index in [2.05, 4.69) is 14.6 Å². The van der Waals surface area contributed by atoms with Crippen molar-refractivity contribution in [1.29, 1.82) is 0 Å². The van der Waals surface area contributed by atoms with E-state index in [0.717, 1.165) is 37.1 Å². The van der Waals surface area contributed by atoms with Crippen LogP contribution in [0.3, 0.4) is 0 Å². The van der Waals surface area contributed by atoms with E-state index >= 15 is 0 Å². The van der Waals surface area contributed by atoms with Gasteiger partial charge in [0.25, 0.3) is 0 Å². The third-order valence-corrected chi connectivity index (χ3v) is 5.93. The molecule has 0 amide bonds. The largest absolute Gasteiger partial charge is 0.573 e. The normalized spacial score (nSPS) is 15.9. The standard InChI is InChI=1S/C20H18F3N2O2S/c21-20(22,23)27-17-4-2-1-3-14(17)11-13-7-9-25(10-8-13)15-5-6-16(26)19-18(15)24-12-28-19/h1-6,12-13H,7-11H2. The Labute approximate surface area is 164 Å². The van der Waals surface area contributed by atoms with Crippen molar-refractivity contribution in [2.45, 2.75) is 25.6 Å². The summed E-state index contributed by atoms with van der Waals surface area (Å²) in [5, 5.41) is 11.9. The molecule has 4 rings (SSSR count). The van der Waals surface area contributed by atoms with Crippen molar-refractivity contribution in [3.8, 4) is 11.5 Å². The lowest BCUT2D eigenvalue weighted by atomic mass is 9.89. The van der Waals surface area contributed by atoms with Crippen molar-refractivity contribution in [2.75, 3.05) is 18.0 Å². The molecule has 0 saturated carbocycles. The van der Waals surface area contributed by atoms with Crippen molar-refractivity contribution in [1.82, 2.24) is 4.98 Å². The maximum absolute atomic E-state index is 12.6. The first kappa shape index (κ1) is 18.9. The summed E-state index contributed by atoms with van der Waals surface area (Å²) >= 11 is 1.34. The van der Waals surface area contributed by atoms with Crippen molar-refractivity contribution < 1.29 is 23.0 Å². The molecule has 0 unspecified atom stereocenters. The number of aromatic nitrogens is 1. The highest BCUT2D eigenvalue weighted by Gasteiger charge is 2.32. The van der Waals surface area contributed by atoms with E-state index in [4.69, 9.17) is 0 Å². The van der Waals surface area contributed by atoms with Crippen LogP contribution in [-0.2, 0) is 11.5 Å². The van der Waals surface area contributed by atoms with Crippen molar-refractivity contribution in [3.63, 3.8) is 0 Å². The number of para-hydroxylation sites is 1. The number of halogens is 3. The fourth-order valence-corrected chi connectivity index (χ4v) is 4.47. The number of fused-ring (bicyclic) bond motifs is 1.